The van der Waals surface area contributed by atoms with E-state index in [0.29, 0.717) is 30.7 Å². The van der Waals surface area contributed by atoms with Gasteiger partial charge in [-0.05, 0) is 18.1 Å². The van der Waals surface area contributed by atoms with Gasteiger partial charge in [0.15, 0.2) is 0 Å². The minimum Gasteiger partial charge on any atom is -0.371 e. The standard InChI is InChI=1S/C12H15F2NO/c1-2-8-5-9(11(14)6-10(8)13)12-7-15-3-4-16-12/h5-6,12,15H,2-4,7H2,1H3. The van der Waals surface area contributed by atoms with Crippen molar-refractivity contribution in [3.05, 3.63) is 34.9 Å². The first-order valence-corrected chi connectivity index (χ1v) is 5.52. The second kappa shape index (κ2) is 4.89. The highest BCUT2D eigenvalue weighted by molar-refractivity contribution is 5.29. The molecule has 0 aliphatic carbocycles. The van der Waals surface area contributed by atoms with Gasteiger partial charge in [0.25, 0.3) is 0 Å². The van der Waals surface area contributed by atoms with Gasteiger partial charge in [-0.2, -0.15) is 0 Å². The van der Waals surface area contributed by atoms with E-state index < -0.39 is 11.6 Å². The molecule has 1 fully saturated rings. The van der Waals surface area contributed by atoms with Gasteiger partial charge in [-0.1, -0.05) is 6.92 Å². The summed E-state index contributed by atoms with van der Waals surface area (Å²) in [6.45, 7) is 3.76. The molecule has 0 spiro atoms. The van der Waals surface area contributed by atoms with Crippen LogP contribution in [0.5, 0.6) is 0 Å². The second-order valence-corrected chi connectivity index (χ2v) is 3.88. The van der Waals surface area contributed by atoms with Crippen molar-refractivity contribution in [3.63, 3.8) is 0 Å². The van der Waals surface area contributed by atoms with E-state index in [1.807, 2.05) is 6.92 Å². The fraction of sp³-hybridized carbons (Fsp3) is 0.500. The van der Waals surface area contributed by atoms with Crippen LogP contribution in [0.1, 0.15) is 24.2 Å². The third-order valence-electron chi connectivity index (χ3n) is 2.82. The minimum atomic E-state index is -0.525. The van der Waals surface area contributed by atoms with Crippen LogP contribution in [-0.2, 0) is 11.2 Å². The van der Waals surface area contributed by atoms with Crippen molar-refractivity contribution in [3.8, 4) is 0 Å². The molecule has 1 N–H and O–H groups in total. The van der Waals surface area contributed by atoms with Gasteiger partial charge in [0.05, 0.1) is 12.7 Å². The first-order chi connectivity index (χ1) is 7.72. The summed E-state index contributed by atoms with van der Waals surface area (Å²) in [5.41, 5.74) is 0.982. The summed E-state index contributed by atoms with van der Waals surface area (Å²) >= 11 is 0. The Hall–Kier alpha value is -1.00. The molecule has 0 radical (unpaired) electrons. The third-order valence-corrected chi connectivity index (χ3v) is 2.82. The van der Waals surface area contributed by atoms with Gasteiger partial charge in [-0.3, -0.25) is 0 Å². The average molecular weight is 227 g/mol. The summed E-state index contributed by atoms with van der Waals surface area (Å²) in [7, 11) is 0. The molecule has 0 bridgehead atoms. The van der Waals surface area contributed by atoms with Crippen LogP contribution in [0.4, 0.5) is 8.78 Å². The molecule has 1 heterocycles. The number of hydrogen-bond donors (Lipinski definition) is 1. The molecule has 1 unspecified atom stereocenters. The van der Waals surface area contributed by atoms with Gasteiger partial charge in [0.2, 0.25) is 0 Å². The Labute approximate surface area is 93.6 Å². The normalized spacial score (nSPS) is 21.1. The lowest BCUT2D eigenvalue weighted by Crippen LogP contribution is -2.33. The molecule has 0 aromatic heterocycles. The molecule has 1 aromatic rings. The van der Waals surface area contributed by atoms with Crippen molar-refractivity contribution in [2.75, 3.05) is 19.7 Å². The number of nitrogens with one attached hydrogen (secondary N) is 1. The smallest absolute Gasteiger partial charge is 0.131 e. The second-order valence-electron chi connectivity index (χ2n) is 3.88. The van der Waals surface area contributed by atoms with Crippen molar-refractivity contribution in [1.29, 1.82) is 0 Å². The maximum absolute atomic E-state index is 13.6. The molecule has 1 aliphatic rings. The lowest BCUT2D eigenvalue weighted by atomic mass is 10.0. The molecular weight excluding hydrogens is 212 g/mol. The molecule has 1 aromatic carbocycles. The average Bonchev–Trinajstić information content (AvgIpc) is 2.30. The largest absolute Gasteiger partial charge is 0.371 e. The van der Waals surface area contributed by atoms with Crippen molar-refractivity contribution in [1.82, 2.24) is 5.32 Å². The first-order valence-electron chi connectivity index (χ1n) is 5.52. The van der Waals surface area contributed by atoms with Crippen LogP contribution in [0, 0.1) is 11.6 Å². The Morgan fingerprint density at radius 2 is 2.19 bits per heavy atom. The number of ether oxygens (including phenoxy) is 1. The lowest BCUT2D eigenvalue weighted by molar-refractivity contribution is 0.0254. The van der Waals surface area contributed by atoms with E-state index >= 15 is 0 Å². The maximum atomic E-state index is 13.6. The van der Waals surface area contributed by atoms with E-state index in [-0.39, 0.29) is 6.10 Å². The van der Waals surface area contributed by atoms with Gasteiger partial charge in [0.1, 0.15) is 11.6 Å². The highest BCUT2D eigenvalue weighted by Gasteiger charge is 2.20. The SMILES string of the molecule is CCc1cc(C2CNCCO2)c(F)cc1F. The van der Waals surface area contributed by atoms with Gasteiger partial charge in [0, 0.05) is 24.7 Å². The molecule has 1 saturated heterocycles. The van der Waals surface area contributed by atoms with Crippen molar-refractivity contribution >= 4 is 0 Å². The number of aryl methyl sites for hydroxylation is 1. The number of halogens is 2. The third kappa shape index (κ3) is 2.23. The zero-order chi connectivity index (χ0) is 11.5. The predicted molar refractivity (Wildman–Crippen MR) is 57.3 cm³/mol. The first kappa shape index (κ1) is 11.5. The highest BCUT2D eigenvalue weighted by atomic mass is 19.1. The summed E-state index contributed by atoms with van der Waals surface area (Å²) in [6, 6.07) is 2.52. The van der Waals surface area contributed by atoms with Crippen LogP contribution in [0.2, 0.25) is 0 Å². The summed E-state index contributed by atoms with van der Waals surface area (Å²) in [5, 5.41) is 3.13. The van der Waals surface area contributed by atoms with E-state index in [1.165, 1.54) is 0 Å². The fourth-order valence-corrected chi connectivity index (χ4v) is 1.90. The van der Waals surface area contributed by atoms with Gasteiger partial charge >= 0.3 is 0 Å². The number of hydrogen-bond acceptors (Lipinski definition) is 2. The van der Waals surface area contributed by atoms with Crippen LogP contribution in [-0.4, -0.2) is 19.7 Å². The summed E-state index contributed by atoms with van der Waals surface area (Å²) in [6.07, 6.45) is 0.249. The Morgan fingerprint density at radius 1 is 1.38 bits per heavy atom. The summed E-state index contributed by atoms with van der Waals surface area (Å²) < 4.78 is 32.4. The molecule has 1 atom stereocenters. The summed E-state index contributed by atoms with van der Waals surface area (Å²) in [5.74, 6) is -1.00. The Morgan fingerprint density at radius 3 is 2.81 bits per heavy atom. The van der Waals surface area contributed by atoms with Crippen LogP contribution in [0.25, 0.3) is 0 Å². The molecule has 1 aliphatic heterocycles. The molecule has 16 heavy (non-hydrogen) atoms. The summed E-state index contributed by atoms with van der Waals surface area (Å²) in [4.78, 5) is 0. The quantitative estimate of drug-likeness (QED) is 0.836. The van der Waals surface area contributed by atoms with Crippen molar-refractivity contribution in [2.24, 2.45) is 0 Å². The molecule has 2 nitrogen and oxygen atoms in total. The highest BCUT2D eigenvalue weighted by Crippen LogP contribution is 2.24. The molecular formula is C12H15F2NO. The zero-order valence-corrected chi connectivity index (χ0v) is 9.22. The van der Waals surface area contributed by atoms with E-state index in [9.17, 15) is 8.78 Å². The number of rotatable bonds is 2. The topological polar surface area (TPSA) is 21.3 Å². The van der Waals surface area contributed by atoms with Gasteiger partial charge < -0.3 is 10.1 Å². The van der Waals surface area contributed by atoms with E-state index in [2.05, 4.69) is 5.32 Å². The molecule has 88 valence electrons. The van der Waals surface area contributed by atoms with Gasteiger partial charge in [-0.15, -0.1) is 0 Å². The van der Waals surface area contributed by atoms with Crippen molar-refractivity contribution < 1.29 is 13.5 Å². The minimum absolute atomic E-state index is 0.306. The van der Waals surface area contributed by atoms with Crippen LogP contribution < -0.4 is 5.32 Å². The Bertz CT molecular complexity index is 376. The van der Waals surface area contributed by atoms with Crippen LogP contribution in [0.3, 0.4) is 0 Å². The Kier molecular flexibility index (Phi) is 3.51. The van der Waals surface area contributed by atoms with Crippen LogP contribution in [0.15, 0.2) is 12.1 Å². The molecule has 2 rings (SSSR count). The van der Waals surface area contributed by atoms with E-state index in [1.54, 1.807) is 6.07 Å². The zero-order valence-electron chi connectivity index (χ0n) is 9.22. The van der Waals surface area contributed by atoms with Crippen molar-refractivity contribution in [2.45, 2.75) is 19.4 Å². The van der Waals surface area contributed by atoms with E-state index in [0.717, 1.165) is 12.6 Å². The number of benzene rings is 1. The Balaban J connectivity index is 2.31. The van der Waals surface area contributed by atoms with Crippen LogP contribution >= 0.6 is 0 Å². The monoisotopic (exact) mass is 227 g/mol. The molecule has 0 saturated carbocycles. The van der Waals surface area contributed by atoms with Gasteiger partial charge in [-0.25, -0.2) is 8.78 Å². The lowest BCUT2D eigenvalue weighted by Gasteiger charge is -2.24. The maximum Gasteiger partial charge on any atom is 0.131 e. The number of morpholine rings is 1. The fourth-order valence-electron chi connectivity index (χ4n) is 1.90. The predicted octanol–water partition coefficient (Wildman–Crippen LogP) is 2.19. The van der Waals surface area contributed by atoms with E-state index in [4.69, 9.17) is 4.74 Å². The molecule has 4 heteroatoms. The molecule has 0 amide bonds.